The number of nitrogens with one attached hydrogen (secondary N) is 1. The topological polar surface area (TPSA) is 83.9 Å². The third-order valence-corrected chi connectivity index (χ3v) is 4.85. The fraction of sp³-hybridized carbons (Fsp3) is 0.286. The van der Waals surface area contributed by atoms with E-state index < -0.39 is 0 Å². The van der Waals surface area contributed by atoms with E-state index in [1.54, 1.807) is 18.6 Å². The summed E-state index contributed by atoms with van der Waals surface area (Å²) in [6.07, 6.45) is 6.72. The van der Waals surface area contributed by atoms with E-state index in [4.69, 9.17) is 0 Å². The zero-order valence-electron chi connectivity index (χ0n) is 16.0. The van der Waals surface area contributed by atoms with Gasteiger partial charge in [-0.1, -0.05) is 6.07 Å². The second-order valence-electron chi connectivity index (χ2n) is 6.92. The molecule has 0 aromatic carbocycles. The minimum Gasteiger partial charge on any atom is -0.330 e. The molecule has 4 heterocycles. The molecular weight excluding hydrogens is 352 g/mol. The number of aromatic nitrogens is 4. The predicted molar refractivity (Wildman–Crippen MR) is 106 cm³/mol. The maximum absolute atomic E-state index is 13.1. The van der Waals surface area contributed by atoms with Crippen molar-refractivity contribution in [3.63, 3.8) is 0 Å². The summed E-state index contributed by atoms with van der Waals surface area (Å²) in [4.78, 5) is 32.7. The molecule has 1 amide bonds. The number of pyridine rings is 2. The SMILES string of the molecule is Cc1ccc(C(=O)N2CCCC2c2nccnc2Nc2cccc(C)n2)cn1. The molecule has 1 saturated heterocycles. The molecule has 0 aliphatic carbocycles. The summed E-state index contributed by atoms with van der Waals surface area (Å²) >= 11 is 0. The van der Waals surface area contributed by atoms with Gasteiger partial charge in [-0.3, -0.25) is 14.8 Å². The minimum absolute atomic E-state index is 0.0275. The van der Waals surface area contributed by atoms with Crippen LogP contribution in [-0.2, 0) is 0 Å². The fourth-order valence-corrected chi connectivity index (χ4v) is 3.48. The lowest BCUT2D eigenvalue weighted by molar-refractivity contribution is 0.0733. The van der Waals surface area contributed by atoms with E-state index in [1.165, 1.54) is 0 Å². The van der Waals surface area contributed by atoms with Crippen LogP contribution < -0.4 is 5.32 Å². The van der Waals surface area contributed by atoms with Gasteiger partial charge in [0.1, 0.15) is 11.5 Å². The number of hydrogen-bond donors (Lipinski definition) is 1. The highest BCUT2D eigenvalue weighted by Crippen LogP contribution is 2.35. The molecule has 1 fully saturated rings. The van der Waals surface area contributed by atoms with Crippen molar-refractivity contribution in [1.29, 1.82) is 0 Å². The van der Waals surface area contributed by atoms with Crippen molar-refractivity contribution in [1.82, 2.24) is 24.8 Å². The molecule has 7 nitrogen and oxygen atoms in total. The van der Waals surface area contributed by atoms with E-state index in [1.807, 2.05) is 49.1 Å². The Morgan fingerprint density at radius 1 is 1.07 bits per heavy atom. The summed E-state index contributed by atoms with van der Waals surface area (Å²) in [6.45, 7) is 4.54. The molecule has 1 N–H and O–H groups in total. The highest BCUT2D eigenvalue weighted by Gasteiger charge is 2.33. The fourth-order valence-electron chi connectivity index (χ4n) is 3.48. The van der Waals surface area contributed by atoms with Crippen molar-refractivity contribution in [3.05, 3.63) is 71.6 Å². The largest absolute Gasteiger partial charge is 0.330 e. The first kappa shape index (κ1) is 18.0. The Morgan fingerprint density at radius 3 is 2.71 bits per heavy atom. The number of carbonyl (C=O) groups excluding carboxylic acids is 1. The Hall–Kier alpha value is -3.35. The van der Waals surface area contributed by atoms with Gasteiger partial charge >= 0.3 is 0 Å². The number of rotatable bonds is 4. The lowest BCUT2D eigenvalue weighted by Gasteiger charge is -2.25. The van der Waals surface area contributed by atoms with Crippen LogP contribution in [0.2, 0.25) is 0 Å². The number of nitrogens with zero attached hydrogens (tertiary/aromatic N) is 5. The maximum Gasteiger partial charge on any atom is 0.255 e. The highest BCUT2D eigenvalue weighted by atomic mass is 16.2. The van der Waals surface area contributed by atoms with E-state index in [9.17, 15) is 4.79 Å². The lowest BCUT2D eigenvalue weighted by atomic mass is 10.1. The minimum atomic E-state index is -0.130. The zero-order chi connectivity index (χ0) is 19.5. The number of carbonyl (C=O) groups is 1. The maximum atomic E-state index is 13.1. The molecule has 3 aromatic heterocycles. The number of anilines is 2. The quantitative estimate of drug-likeness (QED) is 0.751. The molecule has 1 aliphatic heterocycles. The monoisotopic (exact) mass is 374 g/mol. The van der Waals surface area contributed by atoms with Gasteiger partial charge in [-0.15, -0.1) is 0 Å². The van der Waals surface area contributed by atoms with Crippen LogP contribution in [0.5, 0.6) is 0 Å². The summed E-state index contributed by atoms with van der Waals surface area (Å²) < 4.78 is 0. The molecule has 1 unspecified atom stereocenters. The van der Waals surface area contributed by atoms with Crippen LogP contribution in [0.25, 0.3) is 0 Å². The average molecular weight is 374 g/mol. The molecule has 3 aromatic rings. The van der Waals surface area contributed by atoms with Crippen molar-refractivity contribution in [2.75, 3.05) is 11.9 Å². The van der Waals surface area contributed by atoms with Crippen LogP contribution >= 0.6 is 0 Å². The van der Waals surface area contributed by atoms with Gasteiger partial charge in [0.15, 0.2) is 5.82 Å². The first-order valence-corrected chi connectivity index (χ1v) is 9.37. The molecule has 4 rings (SSSR count). The molecule has 1 aliphatic rings. The van der Waals surface area contributed by atoms with Gasteiger partial charge in [0.2, 0.25) is 0 Å². The molecule has 142 valence electrons. The average Bonchev–Trinajstić information content (AvgIpc) is 3.18. The smallest absolute Gasteiger partial charge is 0.255 e. The molecule has 7 heteroatoms. The molecule has 1 atom stereocenters. The number of hydrogen-bond acceptors (Lipinski definition) is 6. The number of likely N-dealkylation sites (tertiary alicyclic amines) is 1. The Balaban J connectivity index is 1.62. The second-order valence-corrected chi connectivity index (χ2v) is 6.92. The first-order chi connectivity index (χ1) is 13.6. The van der Waals surface area contributed by atoms with E-state index in [0.29, 0.717) is 23.7 Å². The van der Waals surface area contributed by atoms with E-state index >= 15 is 0 Å². The molecule has 28 heavy (non-hydrogen) atoms. The lowest BCUT2D eigenvalue weighted by Crippen LogP contribution is -2.31. The van der Waals surface area contributed by atoms with E-state index in [0.717, 1.165) is 29.9 Å². The summed E-state index contributed by atoms with van der Waals surface area (Å²) in [7, 11) is 0. The van der Waals surface area contributed by atoms with Crippen molar-refractivity contribution >= 4 is 17.5 Å². The van der Waals surface area contributed by atoms with Gasteiger partial charge < -0.3 is 10.2 Å². The zero-order valence-corrected chi connectivity index (χ0v) is 16.0. The third kappa shape index (κ3) is 3.69. The van der Waals surface area contributed by atoms with Crippen LogP contribution in [0, 0.1) is 13.8 Å². The third-order valence-electron chi connectivity index (χ3n) is 4.85. The summed E-state index contributed by atoms with van der Waals surface area (Å²) in [5.41, 5.74) is 3.16. The van der Waals surface area contributed by atoms with Crippen LogP contribution in [0.3, 0.4) is 0 Å². The van der Waals surface area contributed by atoms with Crippen molar-refractivity contribution in [2.24, 2.45) is 0 Å². The highest BCUT2D eigenvalue weighted by molar-refractivity contribution is 5.94. The van der Waals surface area contributed by atoms with E-state index in [-0.39, 0.29) is 11.9 Å². The second kappa shape index (κ2) is 7.72. The van der Waals surface area contributed by atoms with Gasteiger partial charge in [0.25, 0.3) is 5.91 Å². The Labute approximate surface area is 163 Å². The summed E-state index contributed by atoms with van der Waals surface area (Å²) in [6, 6.07) is 9.33. The van der Waals surface area contributed by atoms with Crippen molar-refractivity contribution in [2.45, 2.75) is 32.7 Å². The Morgan fingerprint density at radius 2 is 1.93 bits per heavy atom. The first-order valence-electron chi connectivity index (χ1n) is 9.37. The van der Waals surface area contributed by atoms with Gasteiger partial charge in [-0.05, 0) is 51.0 Å². The number of amides is 1. The summed E-state index contributed by atoms with van der Waals surface area (Å²) in [5, 5.41) is 3.26. The predicted octanol–water partition coefficient (Wildman–Crippen LogP) is 3.60. The van der Waals surface area contributed by atoms with Gasteiger partial charge in [-0.25, -0.2) is 9.97 Å². The normalized spacial score (nSPS) is 16.2. The van der Waals surface area contributed by atoms with Crippen LogP contribution in [-0.4, -0.2) is 37.3 Å². The van der Waals surface area contributed by atoms with Crippen molar-refractivity contribution < 1.29 is 4.79 Å². The van der Waals surface area contributed by atoms with Gasteiger partial charge in [-0.2, -0.15) is 0 Å². The van der Waals surface area contributed by atoms with Crippen LogP contribution in [0.15, 0.2) is 48.9 Å². The number of aryl methyl sites for hydroxylation is 2. The Kier molecular flexibility index (Phi) is 4.97. The standard InChI is InChI=1S/C21H22N6O/c1-14-8-9-16(13-24-14)21(28)27-12-4-6-17(27)19-20(23-11-10-22-19)26-18-7-3-5-15(2)25-18/h3,5,7-11,13,17H,4,6,12H2,1-2H3,(H,23,25,26). The molecular formula is C21H22N6O. The molecule has 0 spiro atoms. The summed E-state index contributed by atoms with van der Waals surface area (Å²) in [5.74, 6) is 1.31. The van der Waals surface area contributed by atoms with Crippen molar-refractivity contribution in [3.8, 4) is 0 Å². The molecule has 0 radical (unpaired) electrons. The Bertz CT molecular complexity index is 988. The van der Waals surface area contributed by atoms with Gasteiger partial charge in [0, 0.05) is 36.5 Å². The van der Waals surface area contributed by atoms with Crippen LogP contribution in [0.1, 0.15) is 46.3 Å². The van der Waals surface area contributed by atoms with E-state index in [2.05, 4.69) is 25.3 Å². The molecule has 0 bridgehead atoms. The van der Waals surface area contributed by atoms with Crippen LogP contribution in [0.4, 0.5) is 11.6 Å². The van der Waals surface area contributed by atoms with Gasteiger partial charge in [0.05, 0.1) is 11.6 Å². The molecule has 0 saturated carbocycles.